The van der Waals surface area contributed by atoms with Crippen LogP contribution >= 0.6 is 11.6 Å². The van der Waals surface area contributed by atoms with Gasteiger partial charge in [-0.3, -0.25) is 0 Å². The van der Waals surface area contributed by atoms with Gasteiger partial charge in [-0.1, -0.05) is 23.7 Å². The van der Waals surface area contributed by atoms with Gasteiger partial charge in [-0.05, 0) is 37.1 Å². The summed E-state index contributed by atoms with van der Waals surface area (Å²) < 4.78 is 5.59. The number of hydrogen-bond donors (Lipinski definition) is 0. The summed E-state index contributed by atoms with van der Waals surface area (Å²) in [5.41, 5.74) is 0.935. The standard InChI is InChI=1S/C17H21ClN4O3/c1-13-9-15(12-25-13)11-21-8-7-20(17(21)19-22(23)24)6-5-14-3-2-4-16(18)10-14/h2-6,10,13,15H,7-9,11-12H2,1H3. The van der Waals surface area contributed by atoms with Gasteiger partial charge in [0.2, 0.25) is 0 Å². The number of nitrogens with zero attached hydrogens (tertiary/aromatic N) is 4. The van der Waals surface area contributed by atoms with Crippen molar-refractivity contribution in [2.75, 3.05) is 26.2 Å². The summed E-state index contributed by atoms with van der Waals surface area (Å²) >= 11 is 5.99. The van der Waals surface area contributed by atoms with Crippen molar-refractivity contribution in [1.82, 2.24) is 9.80 Å². The molecule has 0 N–H and O–H groups in total. The van der Waals surface area contributed by atoms with Gasteiger partial charge in [0.1, 0.15) is 5.10 Å². The van der Waals surface area contributed by atoms with E-state index in [1.807, 2.05) is 40.3 Å². The van der Waals surface area contributed by atoms with Crippen LogP contribution in [0.2, 0.25) is 5.02 Å². The Bertz CT molecular complexity index is 694. The van der Waals surface area contributed by atoms with Crippen molar-refractivity contribution in [3.8, 4) is 0 Å². The van der Waals surface area contributed by atoms with E-state index in [2.05, 4.69) is 12.0 Å². The first kappa shape index (κ1) is 17.7. The van der Waals surface area contributed by atoms with Gasteiger partial charge in [-0.25, -0.2) is 10.1 Å². The van der Waals surface area contributed by atoms with Crippen LogP contribution in [0.1, 0.15) is 18.9 Å². The molecule has 0 aliphatic carbocycles. The van der Waals surface area contributed by atoms with E-state index in [1.165, 1.54) is 0 Å². The molecule has 2 aliphatic heterocycles. The fraction of sp³-hybridized carbons (Fsp3) is 0.471. The monoisotopic (exact) mass is 364 g/mol. The molecule has 0 saturated carbocycles. The second-order valence-electron chi connectivity index (χ2n) is 6.39. The van der Waals surface area contributed by atoms with E-state index in [-0.39, 0.29) is 6.10 Å². The Morgan fingerprint density at radius 3 is 3.00 bits per heavy atom. The number of benzene rings is 1. The van der Waals surface area contributed by atoms with Crippen molar-refractivity contribution in [1.29, 1.82) is 0 Å². The molecular weight excluding hydrogens is 344 g/mol. The first-order valence-electron chi connectivity index (χ1n) is 8.31. The highest BCUT2D eigenvalue weighted by Gasteiger charge is 2.32. The van der Waals surface area contributed by atoms with Crippen LogP contribution in [0.15, 0.2) is 35.6 Å². The van der Waals surface area contributed by atoms with Crippen LogP contribution in [-0.2, 0) is 4.74 Å². The van der Waals surface area contributed by atoms with Crippen LogP contribution in [0, 0.1) is 16.0 Å². The second-order valence-corrected chi connectivity index (χ2v) is 6.83. The number of nitro groups is 1. The zero-order chi connectivity index (χ0) is 17.8. The number of guanidine groups is 1. The minimum absolute atomic E-state index is 0.252. The van der Waals surface area contributed by atoms with Gasteiger partial charge in [0, 0.05) is 36.8 Å². The average Bonchev–Trinajstić information content (AvgIpc) is 3.12. The van der Waals surface area contributed by atoms with Gasteiger partial charge in [-0.15, -0.1) is 0 Å². The maximum Gasteiger partial charge on any atom is 0.278 e. The lowest BCUT2D eigenvalue weighted by Gasteiger charge is -2.21. The summed E-state index contributed by atoms with van der Waals surface area (Å²) in [5, 5.41) is 14.6. The first-order chi connectivity index (χ1) is 12.0. The second kappa shape index (κ2) is 7.84. The Balaban J connectivity index is 1.72. The van der Waals surface area contributed by atoms with E-state index in [1.54, 1.807) is 6.07 Å². The van der Waals surface area contributed by atoms with Crippen LogP contribution in [0.4, 0.5) is 0 Å². The minimum atomic E-state index is -0.637. The molecule has 0 spiro atoms. The smallest absolute Gasteiger partial charge is 0.278 e. The fourth-order valence-corrected chi connectivity index (χ4v) is 3.45. The third-order valence-electron chi connectivity index (χ3n) is 4.38. The molecule has 1 aromatic rings. The Labute approximate surface area is 151 Å². The Kier molecular flexibility index (Phi) is 5.55. The molecule has 134 valence electrons. The molecule has 0 amide bonds. The fourth-order valence-electron chi connectivity index (χ4n) is 3.25. The zero-order valence-corrected chi connectivity index (χ0v) is 14.8. The van der Waals surface area contributed by atoms with Crippen LogP contribution in [0.25, 0.3) is 6.08 Å². The van der Waals surface area contributed by atoms with Gasteiger partial charge in [0.25, 0.3) is 5.96 Å². The molecule has 2 atom stereocenters. The highest BCUT2D eigenvalue weighted by Crippen LogP contribution is 2.22. The van der Waals surface area contributed by atoms with Gasteiger partial charge < -0.3 is 14.5 Å². The average molecular weight is 365 g/mol. The molecule has 0 radical (unpaired) electrons. The molecule has 2 saturated heterocycles. The van der Waals surface area contributed by atoms with E-state index in [4.69, 9.17) is 16.3 Å². The largest absolute Gasteiger partial charge is 0.378 e. The lowest BCUT2D eigenvalue weighted by Crippen LogP contribution is -2.35. The van der Waals surface area contributed by atoms with Gasteiger partial charge >= 0.3 is 0 Å². The van der Waals surface area contributed by atoms with Crippen molar-refractivity contribution in [2.24, 2.45) is 11.0 Å². The van der Waals surface area contributed by atoms with Crippen molar-refractivity contribution in [3.63, 3.8) is 0 Å². The van der Waals surface area contributed by atoms with Crippen LogP contribution in [0.5, 0.6) is 0 Å². The topological polar surface area (TPSA) is 71.2 Å². The molecular formula is C17H21ClN4O3. The molecule has 0 bridgehead atoms. The molecule has 7 nitrogen and oxygen atoms in total. The van der Waals surface area contributed by atoms with Gasteiger partial charge in [0.05, 0.1) is 12.7 Å². The van der Waals surface area contributed by atoms with E-state index < -0.39 is 5.03 Å². The SMILES string of the molecule is CC1CC(CN2CCN(C=Cc3cccc(Cl)c3)C2=N[N+](=O)[O-])CO1. The number of rotatable bonds is 5. The maximum atomic E-state index is 11.0. The summed E-state index contributed by atoms with van der Waals surface area (Å²) in [7, 11) is 0. The van der Waals surface area contributed by atoms with E-state index in [0.717, 1.165) is 18.5 Å². The summed E-state index contributed by atoms with van der Waals surface area (Å²) in [5.74, 6) is 0.756. The summed E-state index contributed by atoms with van der Waals surface area (Å²) in [6.45, 7) is 4.83. The molecule has 0 aromatic heterocycles. The lowest BCUT2D eigenvalue weighted by atomic mass is 10.1. The first-order valence-corrected chi connectivity index (χ1v) is 8.69. The minimum Gasteiger partial charge on any atom is -0.378 e. The molecule has 2 aliphatic rings. The Hall–Kier alpha value is -2.12. The highest BCUT2D eigenvalue weighted by atomic mass is 35.5. The quantitative estimate of drug-likeness (QED) is 0.593. The van der Waals surface area contributed by atoms with Crippen LogP contribution < -0.4 is 0 Å². The van der Waals surface area contributed by atoms with E-state index in [0.29, 0.717) is 36.6 Å². The molecule has 2 heterocycles. The Morgan fingerprint density at radius 1 is 1.48 bits per heavy atom. The predicted octanol–water partition coefficient (Wildman–Crippen LogP) is 2.90. The third-order valence-corrected chi connectivity index (χ3v) is 4.61. The van der Waals surface area contributed by atoms with Crippen molar-refractivity contribution >= 4 is 23.6 Å². The maximum absolute atomic E-state index is 11.0. The van der Waals surface area contributed by atoms with E-state index >= 15 is 0 Å². The molecule has 8 heteroatoms. The molecule has 2 fully saturated rings. The number of halogens is 1. The van der Waals surface area contributed by atoms with Crippen molar-refractivity contribution in [2.45, 2.75) is 19.4 Å². The number of hydrogen-bond acceptors (Lipinski definition) is 3. The van der Waals surface area contributed by atoms with Gasteiger partial charge in [-0.2, -0.15) is 0 Å². The number of ether oxygens (including phenoxy) is 1. The summed E-state index contributed by atoms with van der Waals surface area (Å²) in [6.07, 6.45) is 4.93. The van der Waals surface area contributed by atoms with Crippen molar-refractivity contribution < 1.29 is 9.77 Å². The molecule has 25 heavy (non-hydrogen) atoms. The molecule has 2 unspecified atom stereocenters. The van der Waals surface area contributed by atoms with Gasteiger partial charge in [0.15, 0.2) is 5.03 Å². The van der Waals surface area contributed by atoms with Crippen LogP contribution in [-0.4, -0.2) is 53.1 Å². The lowest BCUT2D eigenvalue weighted by molar-refractivity contribution is -0.486. The molecule has 1 aromatic carbocycles. The molecule has 3 rings (SSSR count). The number of hydrazone groups is 1. The summed E-state index contributed by atoms with van der Waals surface area (Å²) in [6, 6.07) is 7.44. The normalized spacial score (nSPS) is 25.4. The van der Waals surface area contributed by atoms with E-state index in [9.17, 15) is 10.1 Å². The Morgan fingerprint density at radius 2 is 2.32 bits per heavy atom. The third kappa shape index (κ3) is 4.70. The van der Waals surface area contributed by atoms with Crippen molar-refractivity contribution in [3.05, 3.63) is 51.2 Å². The zero-order valence-electron chi connectivity index (χ0n) is 14.0. The summed E-state index contributed by atoms with van der Waals surface area (Å²) in [4.78, 5) is 14.7. The highest BCUT2D eigenvalue weighted by molar-refractivity contribution is 6.30. The van der Waals surface area contributed by atoms with Crippen LogP contribution in [0.3, 0.4) is 0 Å². The predicted molar refractivity (Wildman–Crippen MR) is 96.7 cm³/mol.